The Morgan fingerprint density at radius 2 is 1.77 bits per heavy atom. The van der Waals surface area contributed by atoms with Gasteiger partial charge in [0.15, 0.2) is 11.0 Å². The van der Waals surface area contributed by atoms with Gasteiger partial charge in [0.1, 0.15) is 0 Å². The van der Waals surface area contributed by atoms with Gasteiger partial charge < -0.3 is 15.2 Å². The molecule has 156 valence electrons. The number of carbonyl (C=O) groups is 2. The van der Waals surface area contributed by atoms with Crippen LogP contribution in [0.15, 0.2) is 64.6 Å². The second-order valence-corrected chi connectivity index (χ2v) is 8.29. The first-order valence-electron chi connectivity index (χ1n) is 9.30. The summed E-state index contributed by atoms with van der Waals surface area (Å²) in [5.74, 6) is 0.540. The number of anilines is 1. The predicted octanol–water partition coefficient (Wildman–Crippen LogP) is 3.76. The van der Waals surface area contributed by atoms with E-state index in [9.17, 15) is 9.59 Å². The van der Waals surface area contributed by atoms with Gasteiger partial charge in [0.25, 0.3) is 5.91 Å². The summed E-state index contributed by atoms with van der Waals surface area (Å²) >= 11 is 2.88. The van der Waals surface area contributed by atoms with Gasteiger partial charge in [0, 0.05) is 17.5 Å². The molecule has 0 aliphatic rings. The Balaban J connectivity index is 1.58. The lowest BCUT2D eigenvalue weighted by Gasteiger charge is -2.13. The van der Waals surface area contributed by atoms with Crippen molar-refractivity contribution in [3.63, 3.8) is 0 Å². The second kappa shape index (κ2) is 10.3. The summed E-state index contributed by atoms with van der Waals surface area (Å²) in [7, 11) is 1.82. The van der Waals surface area contributed by atoms with Crippen molar-refractivity contribution in [2.24, 2.45) is 7.05 Å². The van der Waals surface area contributed by atoms with Gasteiger partial charge in [-0.1, -0.05) is 42.1 Å². The number of amides is 2. The maximum absolute atomic E-state index is 12.4. The molecule has 2 N–H and O–H groups in total. The van der Waals surface area contributed by atoms with E-state index in [-0.39, 0.29) is 23.6 Å². The molecule has 9 heteroatoms. The van der Waals surface area contributed by atoms with E-state index < -0.39 is 0 Å². The molecule has 0 bridgehead atoms. The van der Waals surface area contributed by atoms with Crippen LogP contribution in [0.1, 0.15) is 29.1 Å². The van der Waals surface area contributed by atoms with Gasteiger partial charge in [-0.05, 0) is 37.4 Å². The molecule has 1 heterocycles. The van der Waals surface area contributed by atoms with E-state index in [1.165, 1.54) is 11.8 Å². The average Bonchev–Trinajstić information content (AvgIpc) is 3.13. The average molecular weight is 442 g/mol. The topological polar surface area (TPSA) is 88.9 Å². The van der Waals surface area contributed by atoms with Crippen molar-refractivity contribution in [3.8, 4) is 0 Å². The van der Waals surface area contributed by atoms with E-state index in [1.807, 2.05) is 62.7 Å². The van der Waals surface area contributed by atoms with Crippen LogP contribution in [0.4, 0.5) is 5.69 Å². The highest BCUT2D eigenvalue weighted by Gasteiger charge is 2.19. The summed E-state index contributed by atoms with van der Waals surface area (Å²) in [6, 6.07) is 16.4. The summed E-state index contributed by atoms with van der Waals surface area (Å²) in [6.07, 6.45) is 1.97. The Morgan fingerprint density at radius 1 is 1.07 bits per heavy atom. The summed E-state index contributed by atoms with van der Waals surface area (Å²) in [6.45, 7) is 1.85. The minimum Gasteiger partial charge on any atom is -0.342 e. The van der Waals surface area contributed by atoms with Gasteiger partial charge in [-0.15, -0.1) is 22.0 Å². The molecular weight excluding hydrogens is 418 g/mol. The van der Waals surface area contributed by atoms with Crippen molar-refractivity contribution < 1.29 is 9.59 Å². The number of carbonyl (C=O) groups excluding carboxylic acids is 2. The lowest BCUT2D eigenvalue weighted by atomic mass is 10.2. The number of hydrogen-bond acceptors (Lipinski definition) is 6. The first kappa shape index (κ1) is 21.9. The standard InChI is InChI=1S/C21H23N5O2S2/c1-14(22-20(28)15-9-5-4-6-10-15)19-24-25-21(26(19)2)30-13-18(27)23-16-11-7-8-12-17(16)29-3/h4-12,14H,13H2,1-3H3,(H,22,28)(H,23,27)/t14-/m1/s1. The Labute approximate surface area is 184 Å². The van der Waals surface area contributed by atoms with Crippen molar-refractivity contribution in [1.29, 1.82) is 0 Å². The third-order valence-corrected chi connectivity index (χ3v) is 6.17. The number of nitrogens with zero attached hydrogens (tertiary/aromatic N) is 3. The third-order valence-electron chi connectivity index (χ3n) is 4.35. The van der Waals surface area contributed by atoms with Crippen molar-refractivity contribution >= 4 is 41.0 Å². The van der Waals surface area contributed by atoms with E-state index in [0.29, 0.717) is 16.5 Å². The highest BCUT2D eigenvalue weighted by molar-refractivity contribution is 7.99. The number of benzene rings is 2. The molecule has 1 atom stereocenters. The lowest BCUT2D eigenvalue weighted by Crippen LogP contribution is -2.28. The van der Waals surface area contributed by atoms with Crippen LogP contribution in [0.3, 0.4) is 0 Å². The van der Waals surface area contributed by atoms with Gasteiger partial charge in [-0.25, -0.2) is 0 Å². The minimum absolute atomic E-state index is 0.114. The Bertz CT molecular complexity index is 1020. The second-order valence-electron chi connectivity index (χ2n) is 6.50. The quantitative estimate of drug-likeness (QED) is 0.518. The van der Waals surface area contributed by atoms with Gasteiger partial charge in [0.05, 0.1) is 17.5 Å². The van der Waals surface area contributed by atoms with Gasteiger partial charge in [0.2, 0.25) is 5.91 Å². The molecule has 0 saturated heterocycles. The minimum atomic E-state index is -0.327. The van der Waals surface area contributed by atoms with Gasteiger partial charge in [-0.2, -0.15) is 0 Å². The summed E-state index contributed by atoms with van der Waals surface area (Å²) < 4.78 is 1.80. The first-order valence-corrected chi connectivity index (χ1v) is 11.5. The van der Waals surface area contributed by atoms with Crippen molar-refractivity contribution in [1.82, 2.24) is 20.1 Å². The van der Waals surface area contributed by atoms with E-state index in [4.69, 9.17) is 0 Å². The number of para-hydroxylation sites is 1. The largest absolute Gasteiger partial charge is 0.342 e. The molecule has 3 aromatic rings. The maximum Gasteiger partial charge on any atom is 0.251 e. The monoisotopic (exact) mass is 441 g/mol. The van der Waals surface area contributed by atoms with E-state index >= 15 is 0 Å². The zero-order chi connectivity index (χ0) is 21.5. The lowest BCUT2D eigenvalue weighted by molar-refractivity contribution is -0.113. The van der Waals surface area contributed by atoms with Crippen molar-refractivity contribution in [2.75, 3.05) is 17.3 Å². The van der Waals surface area contributed by atoms with Crippen molar-refractivity contribution in [2.45, 2.75) is 23.0 Å². The van der Waals surface area contributed by atoms with Crippen LogP contribution >= 0.6 is 23.5 Å². The number of nitrogens with one attached hydrogen (secondary N) is 2. The Kier molecular flexibility index (Phi) is 7.53. The van der Waals surface area contributed by atoms with E-state index in [0.717, 1.165) is 10.6 Å². The number of aromatic nitrogens is 3. The maximum atomic E-state index is 12.4. The fraction of sp³-hybridized carbons (Fsp3) is 0.238. The Morgan fingerprint density at radius 3 is 2.50 bits per heavy atom. The SMILES string of the molecule is CSc1ccccc1NC(=O)CSc1nnc([C@@H](C)NC(=O)c2ccccc2)n1C. The van der Waals surface area contributed by atoms with Crippen LogP contribution in [-0.4, -0.2) is 38.6 Å². The molecule has 7 nitrogen and oxygen atoms in total. The normalized spacial score (nSPS) is 11.7. The summed E-state index contributed by atoms with van der Waals surface area (Å²) in [4.78, 5) is 25.7. The fourth-order valence-corrected chi connectivity index (χ4v) is 4.10. The van der Waals surface area contributed by atoms with Gasteiger partial charge in [-0.3, -0.25) is 9.59 Å². The van der Waals surface area contributed by atoms with Crippen LogP contribution in [-0.2, 0) is 11.8 Å². The highest BCUT2D eigenvalue weighted by atomic mass is 32.2. The molecule has 30 heavy (non-hydrogen) atoms. The molecule has 0 spiro atoms. The molecule has 0 fully saturated rings. The highest BCUT2D eigenvalue weighted by Crippen LogP contribution is 2.25. The molecule has 1 aromatic heterocycles. The number of hydrogen-bond donors (Lipinski definition) is 2. The van der Waals surface area contributed by atoms with E-state index in [2.05, 4.69) is 20.8 Å². The molecular formula is C21H23N5O2S2. The molecule has 0 aliphatic carbocycles. The van der Waals surface area contributed by atoms with Crippen LogP contribution < -0.4 is 10.6 Å². The van der Waals surface area contributed by atoms with Crippen LogP contribution in [0, 0.1) is 0 Å². The number of thioether (sulfide) groups is 2. The molecule has 0 radical (unpaired) electrons. The molecule has 2 amide bonds. The fourth-order valence-electron chi connectivity index (χ4n) is 2.83. The third kappa shape index (κ3) is 5.43. The first-order chi connectivity index (χ1) is 14.5. The number of rotatable bonds is 8. The van der Waals surface area contributed by atoms with Crippen LogP contribution in [0.5, 0.6) is 0 Å². The smallest absolute Gasteiger partial charge is 0.251 e. The summed E-state index contributed by atoms with van der Waals surface area (Å²) in [5.41, 5.74) is 1.38. The predicted molar refractivity (Wildman–Crippen MR) is 121 cm³/mol. The Hall–Kier alpha value is -2.78. The molecule has 0 unspecified atom stereocenters. The molecule has 2 aromatic carbocycles. The van der Waals surface area contributed by atoms with Crippen molar-refractivity contribution in [3.05, 3.63) is 66.0 Å². The van der Waals surface area contributed by atoms with Crippen LogP contribution in [0.25, 0.3) is 0 Å². The zero-order valence-corrected chi connectivity index (χ0v) is 18.6. The molecule has 3 rings (SSSR count). The van der Waals surface area contributed by atoms with E-state index in [1.54, 1.807) is 28.5 Å². The van der Waals surface area contributed by atoms with Gasteiger partial charge >= 0.3 is 0 Å². The molecule has 0 saturated carbocycles. The summed E-state index contributed by atoms with van der Waals surface area (Å²) in [5, 5.41) is 14.8. The van der Waals surface area contributed by atoms with Crippen LogP contribution in [0.2, 0.25) is 0 Å². The zero-order valence-electron chi connectivity index (χ0n) is 17.0. The molecule has 0 aliphatic heterocycles.